The Labute approximate surface area is 93.9 Å². The Morgan fingerprint density at radius 3 is 2.87 bits per heavy atom. The van der Waals surface area contributed by atoms with Crippen molar-refractivity contribution in [2.75, 3.05) is 5.75 Å². The quantitative estimate of drug-likeness (QED) is 0.861. The average Bonchev–Trinajstić information content (AvgIpc) is 2.55. The van der Waals surface area contributed by atoms with Crippen molar-refractivity contribution < 1.29 is 5.11 Å². The Balaban J connectivity index is 2.49. The molecule has 0 bridgehead atoms. The molecule has 1 N–H and O–H groups in total. The molecular formula is C12H15NOS. The summed E-state index contributed by atoms with van der Waals surface area (Å²) in [6.07, 6.45) is 0. The molecule has 1 aromatic carbocycles. The molecule has 1 aromatic heterocycles. The number of nitrogens with zero attached hydrogens (tertiary/aromatic N) is 1. The Kier molecular flexibility index (Phi) is 2.91. The highest BCUT2D eigenvalue weighted by molar-refractivity contribution is 7.98. The molecule has 0 radical (unpaired) electrons. The molecule has 80 valence electrons. The van der Waals surface area contributed by atoms with Gasteiger partial charge in [0.15, 0.2) is 0 Å². The minimum Gasteiger partial charge on any atom is -0.507 e. The van der Waals surface area contributed by atoms with Crippen LogP contribution in [0.15, 0.2) is 24.3 Å². The predicted molar refractivity (Wildman–Crippen MR) is 66.4 cm³/mol. The van der Waals surface area contributed by atoms with Gasteiger partial charge in [-0.3, -0.25) is 0 Å². The number of phenols is 1. The van der Waals surface area contributed by atoms with Crippen molar-refractivity contribution in [1.29, 1.82) is 0 Å². The van der Waals surface area contributed by atoms with Crippen molar-refractivity contribution in [1.82, 2.24) is 4.57 Å². The molecule has 0 saturated carbocycles. The van der Waals surface area contributed by atoms with Crippen molar-refractivity contribution in [3.63, 3.8) is 0 Å². The molecule has 0 spiro atoms. The van der Waals surface area contributed by atoms with Crippen LogP contribution >= 0.6 is 11.8 Å². The Bertz CT molecular complexity index is 476. The van der Waals surface area contributed by atoms with Gasteiger partial charge < -0.3 is 9.67 Å². The number of aryl methyl sites for hydroxylation is 1. The zero-order valence-electron chi connectivity index (χ0n) is 9.03. The lowest BCUT2D eigenvalue weighted by Crippen LogP contribution is -1.93. The van der Waals surface area contributed by atoms with Crippen molar-refractivity contribution in [2.45, 2.75) is 12.7 Å². The molecule has 0 unspecified atom stereocenters. The monoisotopic (exact) mass is 221 g/mol. The van der Waals surface area contributed by atoms with E-state index in [-0.39, 0.29) is 0 Å². The fraction of sp³-hybridized carbons (Fsp3) is 0.333. The van der Waals surface area contributed by atoms with E-state index in [0.29, 0.717) is 5.75 Å². The third kappa shape index (κ3) is 1.84. The lowest BCUT2D eigenvalue weighted by atomic mass is 10.2. The van der Waals surface area contributed by atoms with E-state index < -0.39 is 0 Å². The summed E-state index contributed by atoms with van der Waals surface area (Å²) in [6.45, 7) is 2.16. The topological polar surface area (TPSA) is 25.2 Å². The highest BCUT2D eigenvalue weighted by atomic mass is 32.2. The van der Waals surface area contributed by atoms with E-state index >= 15 is 0 Å². The van der Waals surface area contributed by atoms with E-state index in [9.17, 15) is 5.11 Å². The average molecular weight is 221 g/mol. The summed E-state index contributed by atoms with van der Waals surface area (Å²) in [7, 11) is 2.05. The van der Waals surface area contributed by atoms with Crippen molar-refractivity contribution in [2.24, 2.45) is 7.05 Å². The fourth-order valence-electron chi connectivity index (χ4n) is 1.74. The van der Waals surface area contributed by atoms with Crippen LogP contribution in [0.4, 0.5) is 0 Å². The van der Waals surface area contributed by atoms with Gasteiger partial charge in [0.05, 0.1) is 5.52 Å². The number of hydrogen-bond donors (Lipinski definition) is 1. The number of benzene rings is 1. The summed E-state index contributed by atoms with van der Waals surface area (Å²) in [5.41, 5.74) is 2.36. The minimum atomic E-state index is 0.371. The zero-order chi connectivity index (χ0) is 10.8. The van der Waals surface area contributed by atoms with Crippen molar-refractivity contribution in [3.05, 3.63) is 30.0 Å². The smallest absolute Gasteiger partial charge is 0.124 e. The van der Waals surface area contributed by atoms with E-state index in [1.165, 1.54) is 5.69 Å². The van der Waals surface area contributed by atoms with Gasteiger partial charge in [0.25, 0.3) is 0 Å². The first-order chi connectivity index (χ1) is 7.24. The first-order valence-electron chi connectivity index (χ1n) is 5.08. The van der Waals surface area contributed by atoms with Gasteiger partial charge in [-0.05, 0) is 24.0 Å². The summed E-state index contributed by atoms with van der Waals surface area (Å²) in [5, 5.41) is 10.7. The van der Waals surface area contributed by atoms with Gasteiger partial charge >= 0.3 is 0 Å². The van der Waals surface area contributed by atoms with E-state index in [4.69, 9.17) is 0 Å². The van der Waals surface area contributed by atoms with Crippen LogP contribution in [-0.2, 0) is 12.8 Å². The first-order valence-corrected chi connectivity index (χ1v) is 6.23. The summed E-state index contributed by atoms with van der Waals surface area (Å²) < 4.78 is 2.15. The van der Waals surface area contributed by atoms with Crippen LogP contribution in [0.25, 0.3) is 10.9 Å². The van der Waals surface area contributed by atoms with Crippen LogP contribution in [0.1, 0.15) is 12.6 Å². The Hall–Kier alpha value is -1.09. The summed E-state index contributed by atoms with van der Waals surface area (Å²) >= 11 is 1.89. The standard InChI is InChI=1S/C12H15NOS/c1-3-15-8-9-7-10-11(13(9)2)5-4-6-12(10)14/h4-7,14H,3,8H2,1-2H3. The number of fused-ring (bicyclic) bond motifs is 1. The maximum absolute atomic E-state index is 9.71. The fourth-order valence-corrected chi connectivity index (χ4v) is 2.44. The molecule has 0 atom stereocenters. The molecule has 0 aliphatic heterocycles. The highest BCUT2D eigenvalue weighted by Gasteiger charge is 2.07. The van der Waals surface area contributed by atoms with Crippen LogP contribution in [0, 0.1) is 0 Å². The van der Waals surface area contributed by atoms with E-state index in [2.05, 4.69) is 17.6 Å². The van der Waals surface area contributed by atoms with Gasteiger partial charge in [0.2, 0.25) is 0 Å². The molecule has 15 heavy (non-hydrogen) atoms. The SMILES string of the molecule is CCSCc1cc2c(O)cccc2n1C. The molecule has 0 fully saturated rings. The van der Waals surface area contributed by atoms with Crippen LogP contribution in [0.5, 0.6) is 5.75 Å². The molecule has 0 amide bonds. The van der Waals surface area contributed by atoms with E-state index in [0.717, 1.165) is 22.4 Å². The first kappa shape index (κ1) is 10.4. The lowest BCUT2D eigenvalue weighted by Gasteiger charge is -2.02. The van der Waals surface area contributed by atoms with Gasteiger partial charge in [-0.2, -0.15) is 11.8 Å². The zero-order valence-corrected chi connectivity index (χ0v) is 9.84. The van der Waals surface area contributed by atoms with Gasteiger partial charge in [-0.1, -0.05) is 13.0 Å². The molecule has 2 rings (SSSR count). The lowest BCUT2D eigenvalue weighted by molar-refractivity contribution is 0.481. The number of aromatic hydroxyl groups is 1. The summed E-state index contributed by atoms with van der Waals surface area (Å²) in [6, 6.07) is 7.73. The van der Waals surface area contributed by atoms with E-state index in [1.54, 1.807) is 6.07 Å². The summed E-state index contributed by atoms with van der Waals surface area (Å²) in [5.74, 6) is 2.49. The maximum Gasteiger partial charge on any atom is 0.124 e. The number of rotatable bonds is 3. The molecule has 2 nitrogen and oxygen atoms in total. The number of aromatic nitrogens is 1. The second-order valence-electron chi connectivity index (χ2n) is 3.54. The van der Waals surface area contributed by atoms with Crippen molar-refractivity contribution >= 4 is 22.7 Å². The van der Waals surface area contributed by atoms with Crippen molar-refractivity contribution in [3.8, 4) is 5.75 Å². The van der Waals surface area contributed by atoms with E-state index in [1.807, 2.05) is 30.9 Å². The number of hydrogen-bond acceptors (Lipinski definition) is 2. The Morgan fingerprint density at radius 2 is 2.20 bits per heavy atom. The van der Waals surface area contributed by atoms with Crippen LogP contribution < -0.4 is 0 Å². The van der Waals surface area contributed by atoms with Gasteiger partial charge in [0, 0.05) is 23.9 Å². The van der Waals surface area contributed by atoms with Crippen LogP contribution in [0.3, 0.4) is 0 Å². The molecule has 0 aliphatic rings. The number of phenolic OH excluding ortho intramolecular Hbond substituents is 1. The largest absolute Gasteiger partial charge is 0.507 e. The van der Waals surface area contributed by atoms with Gasteiger partial charge in [0.1, 0.15) is 5.75 Å². The second-order valence-corrected chi connectivity index (χ2v) is 4.82. The van der Waals surface area contributed by atoms with Crippen LogP contribution in [0.2, 0.25) is 0 Å². The normalized spacial score (nSPS) is 11.1. The maximum atomic E-state index is 9.71. The predicted octanol–water partition coefficient (Wildman–Crippen LogP) is 3.14. The molecule has 0 saturated heterocycles. The summed E-state index contributed by atoms with van der Waals surface area (Å²) in [4.78, 5) is 0. The second kappa shape index (κ2) is 4.19. The van der Waals surface area contributed by atoms with Gasteiger partial charge in [-0.25, -0.2) is 0 Å². The molecule has 1 heterocycles. The number of thioether (sulfide) groups is 1. The highest BCUT2D eigenvalue weighted by Crippen LogP contribution is 2.28. The molecular weight excluding hydrogens is 206 g/mol. The third-order valence-corrected chi connectivity index (χ3v) is 3.53. The van der Waals surface area contributed by atoms with Crippen LogP contribution in [-0.4, -0.2) is 15.4 Å². The molecule has 3 heteroatoms. The minimum absolute atomic E-state index is 0.371. The van der Waals surface area contributed by atoms with Gasteiger partial charge in [-0.15, -0.1) is 0 Å². The molecule has 0 aliphatic carbocycles. The third-order valence-electron chi connectivity index (χ3n) is 2.62. The Morgan fingerprint density at radius 1 is 1.40 bits per heavy atom. The molecule has 2 aromatic rings.